The van der Waals surface area contributed by atoms with Gasteiger partial charge in [-0.15, -0.1) is 0 Å². The number of hydrogen-bond donors (Lipinski definition) is 0. The number of fused-ring (bicyclic) bond motifs is 1. The van der Waals surface area contributed by atoms with Crippen LogP contribution in [0, 0.1) is 6.92 Å². The molecule has 0 aliphatic rings. The maximum absolute atomic E-state index is 5.64. The van der Waals surface area contributed by atoms with E-state index in [0.29, 0.717) is 0 Å². The first-order valence-electron chi connectivity index (χ1n) is 8.64. The predicted octanol–water partition coefficient (Wildman–Crippen LogP) is 4.42. The molecule has 130 valence electrons. The van der Waals surface area contributed by atoms with E-state index in [0.717, 1.165) is 46.6 Å². The normalized spacial score (nSPS) is 11.7. The van der Waals surface area contributed by atoms with E-state index in [9.17, 15) is 0 Å². The van der Waals surface area contributed by atoms with Crippen molar-refractivity contribution in [2.45, 2.75) is 46.0 Å². The summed E-state index contributed by atoms with van der Waals surface area (Å²) in [5, 5.41) is 1.07. The molecule has 0 unspecified atom stereocenters. The van der Waals surface area contributed by atoms with Crippen LogP contribution in [0.4, 0.5) is 0 Å². The molecular weight excluding hydrogens is 310 g/mol. The number of nitrogens with zero attached hydrogens (tertiary/aromatic N) is 3. The second-order valence-corrected chi connectivity index (χ2v) is 7.41. The van der Waals surface area contributed by atoms with Gasteiger partial charge in [-0.1, -0.05) is 39.0 Å². The number of rotatable bonds is 4. The van der Waals surface area contributed by atoms with Gasteiger partial charge in [-0.25, -0.2) is 9.97 Å². The number of ether oxygens (including phenoxy) is 1. The molecule has 0 fully saturated rings. The Morgan fingerprint density at radius 1 is 1.04 bits per heavy atom. The van der Waals surface area contributed by atoms with E-state index >= 15 is 0 Å². The highest BCUT2D eigenvalue weighted by molar-refractivity contribution is 5.88. The van der Waals surface area contributed by atoms with Gasteiger partial charge in [-0.2, -0.15) is 0 Å². The predicted molar refractivity (Wildman–Crippen MR) is 101 cm³/mol. The zero-order valence-corrected chi connectivity index (χ0v) is 15.6. The lowest BCUT2D eigenvalue weighted by atomic mass is 9.88. The third-order valence-corrected chi connectivity index (χ3v) is 4.34. The molecular formula is C21H25N3O. The Balaban J connectivity index is 2.09. The van der Waals surface area contributed by atoms with Gasteiger partial charge in [-0.3, -0.25) is 4.98 Å². The van der Waals surface area contributed by atoms with Crippen LogP contribution in [0.1, 0.15) is 43.4 Å². The average molecular weight is 335 g/mol. The number of benzene rings is 1. The van der Waals surface area contributed by atoms with Crippen LogP contribution in [0.15, 0.2) is 36.7 Å². The molecule has 0 aliphatic heterocycles. The Kier molecular flexibility index (Phi) is 4.71. The molecule has 2 aromatic heterocycles. The molecule has 0 saturated heterocycles. The Morgan fingerprint density at radius 3 is 2.48 bits per heavy atom. The zero-order valence-electron chi connectivity index (χ0n) is 15.6. The Morgan fingerprint density at radius 2 is 1.84 bits per heavy atom. The average Bonchev–Trinajstić information content (AvgIpc) is 2.59. The molecule has 4 heteroatoms. The highest BCUT2D eigenvalue weighted by atomic mass is 16.5. The second kappa shape index (κ2) is 6.79. The number of methoxy groups -OCH3 is 1. The third-order valence-electron chi connectivity index (χ3n) is 4.34. The molecule has 0 atom stereocenters. The molecule has 3 rings (SSSR count). The monoisotopic (exact) mass is 335 g/mol. The maximum atomic E-state index is 5.64. The Labute approximate surface area is 149 Å². The van der Waals surface area contributed by atoms with Gasteiger partial charge >= 0.3 is 0 Å². The van der Waals surface area contributed by atoms with Crippen molar-refractivity contribution in [3.63, 3.8) is 0 Å². The van der Waals surface area contributed by atoms with E-state index in [1.807, 2.05) is 19.2 Å². The second-order valence-electron chi connectivity index (χ2n) is 7.41. The summed E-state index contributed by atoms with van der Waals surface area (Å²) < 4.78 is 5.64. The van der Waals surface area contributed by atoms with Crippen LogP contribution in [0.25, 0.3) is 10.9 Å². The van der Waals surface area contributed by atoms with Crippen LogP contribution < -0.4 is 4.74 Å². The molecule has 0 spiro atoms. The van der Waals surface area contributed by atoms with Crippen LogP contribution in [0.2, 0.25) is 0 Å². The summed E-state index contributed by atoms with van der Waals surface area (Å²) in [4.78, 5) is 13.9. The summed E-state index contributed by atoms with van der Waals surface area (Å²) in [5.41, 5.74) is 4.19. The zero-order chi connectivity index (χ0) is 18.0. The van der Waals surface area contributed by atoms with Crippen LogP contribution in [-0.2, 0) is 18.3 Å². The highest BCUT2D eigenvalue weighted by Crippen LogP contribution is 2.34. The Hall–Kier alpha value is -2.49. The van der Waals surface area contributed by atoms with Crippen molar-refractivity contribution in [3.05, 3.63) is 59.3 Å². The molecule has 4 nitrogen and oxygen atoms in total. The van der Waals surface area contributed by atoms with Gasteiger partial charge in [0.2, 0.25) is 0 Å². The Bertz CT molecular complexity index is 883. The minimum Gasteiger partial charge on any atom is -0.494 e. The van der Waals surface area contributed by atoms with Crippen LogP contribution in [0.5, 0.6) is 5.75 Å². The summed E-state index contributed by atoms with van der Waals surface area (Å²) >= 11 is 0. The minimum absolute atomic E-state index is 0.0650. The molecule has 0 bridgehead atoms. The van der Waals surface area contributed by atoms with Gasteiger partial charge in [0.1, 0.15) is 17.1 Å². The van der Waals surface area contributed by atoms with Crippen LogP contribution in [0.3, 0.4) is 0 Å². The number of aromatic nitrogens is 3. The molecule has 2 heterocycles. The molecule has 3 aromatic rings. The standard InChI is InChI=1S/C21H25N3O/c1-14-8-10-16-18(19(14)25-5)23-17(24-20(16)21(2,3)4)11-9-15-7-6-12-22-13-15/h6-8,10,12-13H,9,11H2,1-5H3. The van der Waals surface area contributed by atoms with E-state index in [-0.39, 0.29) is 5.41 Å². The SMILES string of the molecule is COc1c(C)ccc2c(C(C)(C)C)nc(CCc3cccnc3)nc12. The fraction of sp³-hybridized carbons (Fsp3) is 0.381. The smallest absolute Gasteiger partial charge is 0.148 e. The topological polar surface area (TPSA) is 47.9 Å². The molecule has 0 saturated carbocycles. The van der Waals surface area contributed by atoms with Crippen LogP contribution >= 0.6 is 0 Å². The van der Waals surface area contributed by atoms with Gasteiger partial charge in [0, 0.05) is 29.6 Å². The molecule has 0 radical (unpaired) electrons. The van der Waals surface area contributed by atoms with Crippen molar-refractivity contribution in [2.24, 2.45) is 0 Å². The summed E-state index contributed by atoms with van der Waals surface area (Å²) in [6, 6.07) is 8.24. The van der Waals surface area contributed by atoms with Crippen molar-refractivity contribution < 1.29 is 4.74 Å². The first-order valence-corrected chi connectivity index (χ1v) is 8.64. The van der Waals surface area contributed by atoms with Crippen LogP contribution in [-0.4, -0.2) is 22.1 Å². The molecule has 25 heavy (non-hydrogen) atoms. The largest absolute Gasteiger partial charge is 0.494 e. The fourth-order valence-corrected chi connectivity index (χ4v) is 3.06. The van der Waals surface area contributed by atoms with Crippen molar-refractivity contribution in [1.29, 1.82) is 0 Å². The molecule has 0 N–H and O–H groups in total. The van der Waals surface area contributed by atoms with Gasteiger partial charge in [0.25, 0.3) is 0 Å². The number of aryl methyl sites for hydroxylation is 3. The summed E-state index contributed by atoms with van der Waals surface area (Å²) in [7, 11) is 1.70. The number of pyridine rings is 1. The van der Waals surface area contributed by atoms with Gasteiger partial charge in [-0.05, 0) is 30.5 Å². The molecule has 0 aliphatic carbocycles. The van der Waals surface area contributed by atoms with Gasteiger partial charge in [0.05, 0.1) is 12.8 Å². The first kappa shape index (κ1) is 17.3. The van der Waals surface area contributed by atoms with E-state index in [4.69, 9.17) is 14.7 Å². The minimum atomic E-state index is -0.0650. The first-order chi connectivity index (χ1) is 11.9. The van der Waals surface area contributed by atoms with Crippen molar-refractivity contribution in [2.75, 3.05) is 7.11 Å². The summed E-state index contributed by atoms with van der Waals surface area (Å²) in [6.45, 7) is 8.61. The number of hydrogen-bond acceptors (Lipinski definition) is 4. The lowest BCUT2D eigenvalue weighted by molar-refractivity contribution is 0.415. The van der Waals surface area contributed by atoms with E-state index < -0.39 is 0 Å². The lowest BCUT2D eigenvalue weighted by Gasteiger charge is -2.22. The fourth-order valence-electron chi connectivity index (χ4n) is 3.06. The summed E-state index contributed by atoms with van der Waals surface area (Å²) in [5.74, 6) is 1.69. The summed E-state index contributed by atoms with van der Waals surface area (Å²) in [6.07, 6.45) is 5.34. The quantitative estimate of drug-likeness (QED) is 0.708. The van der Waals surface area contributed by atoms with Gasteiger partial charge in [0.15, 0.2) is 0 Å². The van der Waals surface area contributed by atoms with Crippen molar-refractivity contribution in [1.82, 2.24) is 15.0 Å². The van der Waals surface area contributed by atoms with E-state index in [1.165, 1.54) is 5.56 Å². The van der Waals surface area contributed by atoms with Gasteiger partial charge < -0.3 is 4.74 Å². The third kappa shape index (κ3) is 3.63. The molecule has 0 amide bonds. The van der Waals surface area contributed by atoms with Crippen molar-refractivity contribution in [3.8, 4) is 5.75 Å². The highest BCUT2D eigenvalue weighted by Gasteiger charge is 2.22. The van der Waals surface area contributed by atoms with Crippen molar-refractivity contribution >= 4 is 10.9 Å². The van der Waals surface area contributed by atoms with E-state index in [1.54, 1.807) is 13.3 Å². The molecule has 1 aromatic carbocycles. The lowest BCUT2D eigenvalue weighted by Crippen LogP contribution is -2.17. The maximum Gasteiger partial charge on any atom is 0.148 e. The van der Waals surface area contributed by atoms with E-state index in [2.05, 4.69) is 44.0 Å².